The molecular weight excluding hydrogens is 380 g/mol. The minimum absolute atomic E-state index is 0. The van der Waals surface area contributed by atoms with Crippen molar-refractivity contribution >= 4 is 15.9 Å². The van der Waals surface area contributed by atoms with Crippen molar-refractivity contribution in [3.63, 3.8) is 0 Å². The average Bonchev–Trinajstić information content (AvgIpc) is 2.52. The summed E-state index contributed by atoms with van der Waals surface area (Å²) in [6.45, 7) is 4.83. The first-order valence-electron chi connectivity index (χ1n) is 11.6. The van der Waals surface area contributed by atoms with Crippen LogP contribution in [0.3, 0.4) is 0 Å². The van der Waals surface area contributed by atoms with Crippen molar-refractivity contribution in [1.29, 1.82) is 0 Å². The fraction of sp³-hybridized carbons (Fsp3) is 1.00. The minimum Gasteiger partial charge on any atom is -0.0853 e. The van der Waals surface area contributed by atoms with Crippen LogP contribution in [-0.2, 0) is 0 Å². The van der Waals surface area contributed by atoms with E-state index in [9.17, 15) is 0 Å². The lowest BCUT2D eigenvalue weighted by atomic mass is 9.49. The summed E-state index contributed by atoms with van der Waals surface area (Å²) in [6.07, 6.45) is 21.5. The molecule has 0 aliphatic heterocycles. The Labute approximate surface area is 171 Å². The van der Waals surface area contributed by atoms with Gasteiger partial charge in [0.05, 0.1) is 0 Å². The molecule has 0 nitrogen and oxygen atoms in total. The zero-order valence-corrected chi connectivity index (χ0v) is 18.3. The maximum atomic E-state index is 4.03. The van der Waals surface area contributed by atoms with Crippen LogP contribution in [0.15, 0.2) is 0 Å². The summed E-state index contributed by atoms with van der Waals surface area (Å²) in [5.41, 5.74) is 1.60. The van der Waals surface area contributed by atoms with E-state index in [1.54, 1.807) is 57.8 Å². The molecular formula is C25H43Br. The van der Waals surface area contributed by atoms with Crippen LogP contribution in [0.4, 0.5) is 0 Å². The third-order valence-corrected chi connectivity index (χ3v) is 10.7. The number of hydrogen-bond acceptors (Lipinski definition) is 0. The molecule has 2 unspecified atom stereocenters. The van der Waals surface area contributed by atoms with Crippen LogP contribution in [0.5, 0.6) is 0 Å². The van der Waals surface area contributed by atoms with Gasteiger partial charge >= 0.3 is 0 Å². The van der Waals surface area contributed by atoms with Crippen LogP contribution >= 0.6 is 15.9 Å². The van der Waals surface area contributed by atoms with E-state index in [-0.39, 0.29) is 7.43 Å². The van der Waals surface area contributed by atoms with Crippen molar-refractivity contribution in [3.8, 4) is 0 Å². The van der Waals surface area contributed by atoms with E-state index in [0.29, 0.717) is 4.32 Å². The lowest BCUT2D eigenvalue weighted by molar-refractivity contribution is -0.0545. The first kappa shape index (κ1) is 19.8. The van der Waals surface area contributed by atoms with Gasteiger partial charge < -0.3 is 0 Å². The van der Waals surface area contributed by atoms with Gasteiger partial charge in [-0.2, -0.15) is 0 Å². The molecule has 8 aliphatic carbocycles. The summed E-state index contributed by atoms with van der Waals surface area (Å²) in [7, 11) is 0. The first-order valence-corrected chi connectivity index (χ1v) is 12.4. The Bertz CT molecular complexity index is 471. The standard InChI is InChI=1S/C12H19Br.C12H20.CH4/c1-2-11-4-9-3-10(5-11)7-12(13,6-9)8-11;1-2-12-6-9-3-10(7-12)5-11(4-9)8-12;/h9-10H,2-8H2,1H3;9-11H,2-8H2,1H3;1H4. The summed E-state index contributed by atoms with van der Waals surface area (Å²) in [5, 5.41) is 0. The zero-order valence-electron chi connectivity index (χ0n) is 16.7. The molecule has 8 bridgehead atoms. The third kappa shape index (κ3) is 3.35. The molecule has 0 amide bonds. The molecule has 8 fully saturated rings. The van der Waals surface area contributed by atoms with Crippen LogP contribution in [0.2, 0.25) is 0 Å². The van der Waals surface area contributed by atoms with Gasteiger partial charge in [-0.05, 0) is 117 Å². The smallest absolute Gasteiger partial charge is 0.0268 e. The summed E-state index contributed by atoms with van der Waals surface area (Å²) in [5.74, 6) is 5.59. The highest BCUT2D eigenvalue weighted by Gasteiger charge is 2.55. The van der Waals surface area contributed by atoms with Crippen molar-refractivity contribution in [1.82, 2.24) is 0 Å². The van der Waals surface area contributed by atoms with Gasteiger partial charge in [0.2, 0.25) is 0 Å². The molecule has 0 N–H and O–H groups in total. The molecule has 1 heteroatoms. The highest BCUT2D eigenvalue weighted by atomic mass is 79.9. The van der Waals surface area contributed by atoms with E-state index in [1.165, 1.54) is 32.1 Å². The average molecular weight is 424 g/mol. The molecule has 8 rings (SSSR count). The zero-order chi connectivity index (χ0) is 17.3. The quantitative estimate of drug-likeness (QED) is 0.391. The van der Waals surface area contributed by atoms with Gasteiger partial charge in [-0.25, -0.2) is 0 Å². The molecule has 0 saturated heterocycles. The van der Waals surface area contributed by atoms with Crippen LogP contribution in [-0.4, -0.2) is 4.32 Å². The lowest BCUT2D eigenvalue weighted by Gasteiger charge is -2.60. The molecule has 0 aromatic heterocycles. The Morgan fingerprint density at radius 3 is 1.38 bits per heavy atom. The molecule has 150 valence electrons. The van der Waals surface area contributed by atoms with Gasteiger partial charge in [0.1, 0.15) is 0 Å². The Morgan fingerprint density at radius 1 is 0.615 bits per heavy atom. The van der Waals surface area contributed by atoms with Gasteiger partial charge in [0, 0.05) is 4.32 Å². The van der Waals surface area contributed by atoms with E-state index in [0.717, 1.165) is 40.4 Å². The molecule has 0 radical (unpaired) electrons. The van der Waals surface area contributed by atoms with Crippen LogP contribution < -0.4 is 0 Å². The van der Waals surface area contributed by atoms with Crippen LogP contribution in [0.1, 0.15) is 111 Å². The van der Waals surface area contributed by atoms with E-state index >= 15 is 0 Å². The number of alkyl halides is 1. The Morgan fingerprint density at radius 2 is 1.00 bits per heavy atom. The van der Waals surface area contributed by atoms with E-state index in [1.807, 2.05) is 0 Å². The molecule has 0 aromatic carbocycles. The second kappa shape index (κ2) is 6.77. The third-order valence-electron chi connectivity index (χ3n) is 9.78. The Hall–Kier alpha value is 0.480. The highest BCUT2D eigenvalue weighted by Crippen LogP contribution is 2.65. The summed E-state index contributed by atoms with van der Waals surface area (Å²) < 4.78 is 0.576. The maximum absolute atomic E-state index is 4.03. The molecule has 0 aromatic rings. The number of rotatable bonds is 2. The van der Waals surface area contributed by atoms with Gasteiger partial charge in [-0.3, -0.25) is 0 Å². The lowest BCUT2D eigenvalue weighted by Crippen LogP contribution is -2.52. The van der Waals surface area contributed by atoms with Gasteiger partial charge in [0.15, 0.2) is 0 Å². The normalized spacial score (nSPS) is 55.3. The minimum atomic E-state index is 0. The molecule has 2 atom stereocenters. The van der Waals surface area contributed by atoms with E-state index < -0.39 is 0 Å². The van der Waals surface area contributed by atoms with Crippen molar-refractivity contribution in [2.24, 2.45) is 40.4 Å². The van der Waals surface area contributed by atoms with Crippen molar-refractivity contribution < 1.29 is 0 Å². The molecule has 0 heterocycles. The predicted molar refractivity (Wildman–Crippen MR) is 117 cm³/mol. The van der Waals surface area contributed by atoms with Crippen molar-refractivity contribution in [3.05, 3.63) is 0 Å². The van der Waals surface area contributed by atoms with Gasteiger partial charge in [0.25, 0.3) is 0 Å². The van der Waals surface area contributed by atoms with E-state index in [2.05, 4.69) is 29.8 Å². The highest BCUT2D eigenvalue weighted by molar-refractivity contribution is 9.10. The second-order valence-electron chi connectivity index (χ2n) is 11.7. The number of halogens is 1. The Balaban J connectivity index is 0.000000125. The van der Waals surface area contributed by atoms with Crippen LogP contribution in [0.25, 0.3) is 0 Å². The first-order chi connectivity index (χ1) is 11.9. The van der Waals surface area contributed by atoms with Crippen molar-refractivity contribution in [2.75, 3.05) is 0 Å². The summed E-state index contributed by atoms with van der Waals surface area (Å²) in [6, 6.07) is 0. The molecule has 26 heavy (non-hydrogen) atoms. The molecule has 0 spiro atoms. The second-order valence-corrected chi connectivity index (χ2v) is 13.4. The van der Waals surface area contributed by atoms with Gasteiger partial charge in [-0.15, -0.1) is 0 Å². The molecule has 8 saturated carbocycles. The number of hydrogen-bond donors (Lipinski definition) is 0. The maximum Gasteiger partial charge on any atom is 0.0268 e. The van der Waals surface area contributed by atoms with Crippen molar-refractivity contribution in [2.45, 2.75) is 115 Å². The fourth-order valence-corrected chi connectivity index (χ4v) is 11.0. The topological polar surface area (TPSA) is 0 Å². The van der Waals surface area contributed by atoms with Gasteiger partial charge in [-0.1, -0.05) is 50.0 Å². The largest absolute Gasteiger partial charge is 0.0853 e. The SMILES string of the molecule is C.CCC12CC3CC(CC(Br)(C3)C1)C2.CCC12CC3CC(CC(C3)C1)C2. The monoisotopic (exact) mass is 422 g/mol. The summed E-state index contributed by atoms with van der Waals surface area (Å²) >= 11 is 4.03. The summed E-state index contributed by atoms with van der Waals surface area (Å²) in [4.78, 5) is 0. The molecule has 8 aliphatic rings. The van der Waals surface area contributed by atoms with E-state index in [4.69, 9.17) is 0 Å². The fourth-order valence-electron chi connectivity index (χ4n) is 9.47. The predicted octanol–water partition coefficient (Wildman–Crippen LogP) is 8.38. The van der Waals surface area contributed by atoms with Crippen LogP contribution in [0, 0.1) is 40.4 Å². The Kier molecular flexibility index (Phi) is 5.15.